The number of hydrogen-bond donors (Lipinski definition) is 3. The molecule has 0 unspecified atom stereocenters. The molecule has 4 rings (SSSR count). The Morgan fingerprint density at radius 1 is 0.951 bits per heavy atom. The number of alkyl halides is 2. The zero-order valence-electron chi connectivity index (χ0n) is 21.6. The van der Waals surface area contributed by atoms with E-state index in [9.17, 15) is 28.0 Å². The van der Waals surface area contributed by atoms with Crippen LogP contribution in [0.2, 0.25) is 0 Å². The van der Waals surface area contributed by atoms with Crippen LogP contribution in [0.25, 0.3) is 11.3 Å². The number of carbonyl (C=O) groups is 1. The fourth-order valence-corrected chi connectivity index (χ4v) is 5.54. The van der Waals surface area contributed by atoms with Gasteiger partial charge in [-0.15, -0.1) is 0 Å². The van der Waals surface area contributed by atoms with Crippen molar-refractivity contribution in [1.82, 2.24) is 9.13 Å². The molecule has 0 saturated heterocycles. The number of aromatic carboxylic acids is 1. The lowest BCUT2D eigenvalue weighted by Crippen LogP contribution is -2.25. The molecule has 0 spiro atoms. The van der Waals surface area contributed by atoms with Crippen molar-refractivity contribution in [2.24, 2.45) is 0 Å². The van der Waals surface area contributed by atoms with Crippen LogP contribution in [0.1, 0.15) is 27.0 Å². The Bertz CT molecular complexity index is 1690. The highest BCUT2D eigenvalue weighted by Crippen LogP contribution is 2.60. The Kier molecular flexibility index (Phi) is 8.55. The number of hydrogen-bond acceptors (Lipinski definition) is 5. The number of carboxylic acids is 1. The zero-order valence-corrected chi connectivity index (χ0v) is 24.1. The minimum absolute atomic E-state index is 0.0519. The van der Waals surface area contributed by atoms with Gasteiger partial charge in [-0.25, -0.2) is 9.59 Å². The maximum absolute atomic E-state index is 14.3. The highest BCUT2D eigenvalue weighted by Gasteiger charge is 2.51. The smallest absolute Gasteiger partial charge is 0.399 e. The van der Waals surface area contributed by atoms with Gasteiger partial charge in [-0.2, -0.15) is 8.78 Å². The summed E-state index contributed by atoms with van der Waals surface area (Å²) >= 11 is 2.97. The fraction of sp³-hybridized carbons (Fsp3) is 0.185. The van der Waals surface area contributed by atoms with Gasteiger partial charge in [0.1, 0.15) is 11.5 Å². The highest BCUT2D eigenvalue weighted by atomic mass is 79.9. The highest BCUT2D eigenvalue weighted by molar-refractivity contribution is 9.10. The molecule has 3 N–H and O–H groups in total. The molecule has 4 aromatic rings. The van der Waals surface area contributed by atoms with Crippen molar-refractivity contribution >= 4 is 29.5 Å². The van der Waals surface area contributed by atoms with E-state index in [4.69, 9.17) is 19.3 Å². The number of imidazole rings is 1. The summed E-state index contributed by atoms with van der Waals surface area (Å²) in [5.41, 5.74) is -3.69. The van der Waals surface area contributed by atoms with E-state index in [0.717, 1.165) is 6.07 Å². The normalized spacial score (nSPS) is 11.9. The van der Waals surface area contributed by atoms with E-state index < -0.39 is 30.5 Å². The molecule has 1 heterocycles. The van der Waals surface area contributed by atoms with Crippen LogP contribution < -0.4 is 15.2 Å². The molecule has 0 atom stereocenters. The predicted octanol–water partition coefficient (Wildman–Crippen LogP) is 5.12. The van der Waals surface area contributed by atoms with Crippen molar-refractivity contribution in [3.63, 3.8) is 0 Å². The molecule has 41 heavy (non-hydrogen) atoms. The second-order valence-electron chi connectivity index (χ2n) is 9.01. The summed E-state index contributed by atoms with van der Waals surface area (Å²) in [7, 11) is -2.79. The second kappa shape index (κ2) is 11.6. The first kappa shape index (κ1) is 30.2. The SMILES string of the molecule is COc1cc(Cn2cc(-c3ccc(C(=O)O)cc3)n(Cc3ccc(C(F)(F)P(=O)(O)O)c(Br)c3)c2=O)cc(OC)c1. The van der Waals surface area contributed by atoms with Crippen molar-refractivity contribution in [3.05, 3.63) is 104 Å². The van der Waals surface area contributed by atoms with Crippen molar-refractivity contribution in [2.45, 2.75) is 18.8 Å². The van der Waals surface area contributed by atoms with Crippen LogP contribution in [0, 0.1) is 0 Å². The summed E-state index contributed by atoms with van der Waals surface area (Å²) in [4.78, 5) is 43.2. The van der Waals surface area contributed by atoms with Gasteiger partial charge in [0.05, 0.1) is 38.6 Å². The molecule has 0 radical (unpaired) electrons. The first-order valence-corrected chi connectivity index (χ1v) is 14.2. The third-order valence-electron chi connectivity index (χ3n) is 6.30. The number of aromatic nitrogens is 2. The summed E-state index contributed by atoms with van der Waals surface area (Å²) in [6, 6.07) is 14.5. The monoisotopic (exact) mass is 652 g/mol. The molecular weight excluding hydrogens is 629 g/mol. The van der Waals surface area contributed by atoms with Gasteiger partial charge in [0.25, 0.3) is 0 Å². The Morgan fingerprint density at radius 2 is 1.56 bits per heavy atom. The van der Waals surface area contributed by atoms with E-state index in [1.807, 2.05) is 0 Å². The van der Waals surface area contributed by atoms with E-state index in [-0.39, 0.29) is 23.1 Å². The van der Waals surface area contributed by atoms with E-state index in [1.165, 1.54) is 47.6 Å². The van der Waals surface area contributed by atoms with Gasteiger partial charge < -0.3 is 24.4 Å². The maximum atomic E-state index is 14.3. The van der Waals surface area contributed by atoms with Crippen molar-refractivity contribution < 1.29 is 42.5 Å². The van der Waals surface area contributed by atoms with Crippen LogP contribution in [-0.2, 0) is 23.3 Å². The molecule has 3 aromatic carbocycles. The molecule has 0 fully saturated rings. The van der Waals surface area contributed by atoms with E-state index >= 15 is 0 Å². The summed E-state index contributed by atoms with van der Waals surface area (Å²) < 4.78 is 53.2. The number of ether oxygens (including phenoxy) is 2. The zero-order chi connectivity index (χ0) is 30.1. The molecule has 0 bridgehead atoms. The average Bonchev–Trinajstić information content (AvgIpc) is 3.22. The third-order valence-corrected chi connectivity index (χ3v) is 7.93. The van der Waals surface area contributed by atoms with Crippen molar-refractivity contribution in [3.8, 4) is 22.8 Å². The number of nitrogens with zero attached hydrogens (tertiary/aromatic N) is 2. The van der Waals surface area contributed by atoms with Crippen LogP contribution in [0.3, 0.4) is 0 Å². The lowest BCUT2D eigenvalue weighted by molar-refractivity contribution is 0.0557. The van der Waals surface area contributed by atoms with Gasteiger partial charge in [-0.05, 0) is 47.0 Å². The van der Waals surface area contributed by atoms with Gasteiger partial charge in [-0.1, -0.05) is 40.2 Å². The molecule has 10 nitrogen and oxygen atoms in total. The predicted molar refractivity (Wildman–Crippen MR) is 149 cm³/mol. The molecule has 0 saturated carbocycles. The first-order chi connectivity index (χ1) is 19.2. The third kappa shape index (κ3) is 6.28. The van der Waals surface area contributed by atoms with Gasteiger partial charge in [0.15, 0.2) is 0 Å². The molecule has 216 valence electrons. The lowest BCUT2D eigenvalue weighted by Gasteiger charge is -2.19. The summed E-state index contributed by atoms with van der Waals surface area (Å²) in [5, 5.41) is 9.26. The summed E-state index contributed by atoms with van der Waals surface area (Å²) in [6.45, 7) is 0.0282. The number of rotatable bonds is 10. The number of halogens is 3. The standard InChI is InChI=1S/C27H24BrF2N2O8P/c1-39-20-9-17(10-21(12-20)40-2)13-31-15-24(18-4-6-19(7-5-18)25(33)34)32(26(31)35)14-16-3-8-22(23(28)11-16)27(29,30)41(36,37)38/h3-12,15H,13-14H2,1-2H3,(H,33,34)(H2,36,37,38). The Labute approximate surface area is 240 Å². The van der Waals surface area contributed by atoms with Gasteiger partial charge in [0, 0.05) is 22.3 Å². The molecule has 0 aliphatic rings. The van der Waals surface area contributed by atoms with E-state index in [0.29, 0.717) is 33.9 Å². The van der Waals surface area contributed by atoms with Crippen LogP contribution in [0.15, 0.2) is 76.1 Å². The van der Waals surface area contributed by atoms with Gasteiger partial charge in [0.2, 0.25) is 0 Å². The topological polar surface area (TPSA) is 140 Å². The number of carboxylic acid groups (broad SMARTS) is 1. The average molecular weight is 653 g/mol. The quantitative estimate of drug-likeness (QED) is 0.201. The summed E-state index contributed by atoms with van der Waals surface area (Å²) in [5.74, 6) is -0.0720. The fourth-order valence-electron chi connectivity index (χ4n) is 4.21. The molecule has 0 amide bonds. The number of benzene rings is 3. The van der Waals surface area contributed by atoms with E-state index in [2.05, 4.69) is 15.9 Å². The molecule has 1 aromatic heterocycles. The lowest BCUT2D eigenvalue weighted by atomic mass is 10.1. The van der Waals surface area contributed by atoms with Crippen molar-refractivity contribution in [2.75, 3.05) is 14.2 Å². The van der Waals surface area contributed by atoms with Crippen molar-refractivity contribution in [1.29, 1.82) is 0 Å². The maximum Gasteiger partial charge on any atom is 0.399 e. The van der Waals surface area contributed by atoms with Crippen LogP contribution in [-0.4, -0.2) is 44.2 Å². The molecular formula is C27H24BrF2N2O8P. The van der Waals surface area contributed by atoms with E-state index in [1.54, 1.807) is 36.5 Å². The minimum Gasteiger partial charge on any atom is -0.497 e. The van der Waals surface area contributed by atoms with Crippen LogP contribution >= 0.6 is 23.5 Å². The van der Waals surface area contributed by atoms with Gasteiger partial charge >= 0.3 is 24.9 Å². The molecule has 0 aliphatic heterocycles. The molecule has 14 heteroatoms. The minimum atomic E-state index is -5.79. The molecule has 0 aliphatic carbocycles. The largest absolute Gasteiger partial charge is 0.497 e. The summed E-state index contributed by atoms with van der Waals surface area (Å²) in [6.07, 6.45) is 1.59. The number of methoxy groups -OCH3 is 2. The van der Waals surface area contributed by atoms with Crippen LogP contribution in [0.5, 0.6) is 11.5 Å². The van der Waals surface area contributed by atoms with Crippen LogP contribution in [0.4, 0.5) is 8.78 Å². The Morgan fingerprint density at radius 3 is 2.07 bits per heavy atom. The Hall–Kier alpha value is -3.77. The second-order valence-corrected chi connectivity index (χ2v) is 11.5. The Balaban J connectivity index is 1.79. The first-order valence-electron chi connectivity index (χ1n) is 11.8. The van der Waals surface area contributed by atoms with Gasteiger partial charge in [-0.3, -0.25) is 13.7 Å².